The van der Waals surface area contributed by atoms with Gasteiger partial charge in [0, 0.05) is 17.2 Å². The summed E-state index contributed by atoms with van der Waals surface area (Å²) in [6.07, 6.45) is 5.40. The zero-order valence-corrected chi connectivity index (χ0v) is 19.9. The monoisotopic (exact) mass is 460 g/mol. The molecule has 174 valence electrons. The Balaban J connectivity index is 1.44. The first kappa shape index (κ1) is 21.5. The SMILES string of the molecule is Cc1ccc(NC(=O)c2cccc3c2NC(c2c(O)ccc4ccccc24)C2CC=CC32)cc1C. The summed E-state index contributed by atoms with van der Waals surface area (Å²) >= 11 is 0. The molecular weight excluding hydrogens is 432 g/mol. The van der Waals surface area contributed by atoms with Crippen molar-refractivity contribution < 1.29 is 9.90 Å². The van der Waals surface area contributed by atoms with Crippen LogP contribution in [0.15, 0.2) is 84.9 Å². The second kappa shape index (κ2) is 8.31. The molecule has 3 unspecified atom stereocenters. The van der Waals surface area contributed by atoms with Gasteiger partial charge in [0.25, 0.3) is 5.91 Å². The molecule has 0 aromatic heterocycles. The van der Waals surface area contributed by atoms with Crippen LogP contribution in [0, 0.1) is 19.8 Å². The Morgan fingerprint density at radius 1 is 0.971 bits per heavy atom. The van der Waals surface area contributed by atoms with Crippen LogP contribution < -0.4 is 10.6 Å². The molecule has 4 aromatic carbocycles. The van der Waals surface area contributed by atoms with Crippen molar-refractivity contribution in [3.05, 3.63) is 113 Å². The fraction of sp³-hybridized carbons (Fsp3) is 0.194. The molecule has 35 heavy (non-hydrogen) atoms. The average molecular weight is 461 g/mol. The Hall–Kier alpha value is -4.05. The molecular formula is C31H28N2O2. The van der Waals surface area contributed by atoms with Gasteiger partial charge in [-0.1, -0.05) is 60.7 Å². The number of carbonyl (C=O) groups is 1. The van der Waals surface area contributed by atoms with E-state index < -0.39 is 0 Å². The van der Waals surface area contributed by atoms with Crippen molar-refractivity contribution in [2.24, 2.45) is 5.92 Å². The van der Waals surface area contributed by atoms with Gasteiger partial charge < -0.3 is 15.7 Å². The molecule has 1 aliphatic heterocycles. The lowest BCUT2D eigenvalue weighted by molar-refractivity contribution is 0.102. The Labute approximate surface area is 205 Å². The highest BCUT2D eigenvalue weighted by molar-refractivity contribution is 6.09. The maximum Gasteiger partial charge on any atom is 0.257 e. The van der Waals surface area contributed by atoms with Gasteiger partial charge in [0.15, 0.2) is 0 Å². The second-order valence-electron chi connectivity index (χ2n) is 9.72. The van der Waals surface area contributed by atoms with Crippen molar-refractivity contribution >= 4 is 28.1 Å². The number of benzene rings is 4. The first-order valence-corrected chi connectivity index (χ1v) is 12.2. The van der Waals surface area contributed by atoms with Gasteiger partial charge in [-0.2, -0.15) is 0 Å². The summed E-state index contributed by atoms with van der Waals surface area (Å²) in [7, 11) is 0. The standard InChI is InChI=1S/C31H28N2O2/c1-18-13-15-21(17-19(18)2)32-31(35)26-12-6-10-24-23-9-5-11-25(23)30(33-29(24)26)28-22-8-4-3-7-20(22)14-16-27(28)34/h3-10,12-17,23,25,30,33-34H,11H2,1-2H3,(H,32,35). The summed E-state index contributed by atoms with van der Waals surface area (Å²) in [5.41, 5.74) is 6.61. The van der Waals surface area contributed by atoms with Gasteiger partial charge in [-0.15, -0.1) is 0 Å². The molecule has 0 saturated carbocycles. The number of fused-ring (bicyclic) bond motifs is 4. The van der Waals surface area contributed by atoms with Crippen LogP contribution in [0.3, 0.4) is 0 Å². The lowest BCUT2D eigenvalue weighted by Gasteiger charge is -2.39. The van der Waals surface area contributed by atoms with Crippen molar-refractivity contribution in [3.8, 4) is 5.75 Å². The van der Waals surface area contributed by atoms with Gasteiger partial charge in [-0.25, -0.2) is 0 Å². The fourth-order valence-corrected chi connectivity index (χ4v) is 5.72. The topological polar surface area (TPSA) is 61.4 Å². The third kappa shape index (κ3) is 3.57. The highest BCUT2D eigenvalue weighted by Crippen LogP contribution is 2.53. The van der Waals surface area contributed by atoms with Gasteiger partial charge in [0.1, 0.15) is 5.75 Å². The molecule has 4 aromatic rings. The van der Waals surface area contributed by atoms with Crippen LogP contribution in [0.25, 0.3) is 10.8 Å². The van der Waals surface area contributed by atoms with E-state index in [-0.39, 0.29) is 29.5 Å². The molecule has 0 saturated heterocycles. The van der Waals surface area contributed by atoms with Crippen molar-refractivity contribution in [2.45, 2.75) is 32.2 Å². The third-order valence-corrected chi connectivity index (χ3v) is 7.66. The van der Waals surface area contributed by atoms with E-state index in [0.29, 0.717) is 5.56 Å². The van der Waals surface area contributed by atoms with E-state index in [0.717, 1.165) is 45.3 Å². The highest BCUT2D eigenvalue weighted by Gasteiger charge is 2.40. The summed E-state index contributed by atoms with van der Waals surface area (Å²) in [5, 5.41) is 19.9. The molecule has 0 spiro atoms. The van der Waals surface area contributed by atoms with E-state index in [1.165, 1.54) is 5.56 Å². The van der Waals surface area contributed by atoms with E-state index in [9.17, 15) is 9.90 Å². The second-order valence-corrected chi connectivity index (χ2v) is 9.72. The Bertz CT molecular complexity index is 1500. The van der Waals surface area contributed by atoms with Crippen molar-refractivity contribution in [1.29, 1.82) is 0 Å². The lowest BCUT2D eigenvalue weighted by atomic mass is 9.75. The Morgan fingerprint density at radius 2 is 1.83 bits per heavy atom. The maximum absolute atomic E-state index is 13.5. The predicted octanol–water partition coefficient (Wildman–Crippen LogP) is 7.24. The molecule has 0 bridgehead atoms. The molecule has 1 aliphatic carbocycles. The molecule has 4 heteroatoms. The van der Waals surface area contributed by atoms with E-state index in [2.05, 4.69) is 47.9 Å². The van der Waals surface area contributed by atoms with Crippen LogP contribution >= 0.6 is 0 Å². The highest BCUT2D eigenvalue weighted by atomic mass is 16.3. The largest absolute Gasteiger partial charge is 0.508 e. The van der Waals surface area contributed by atoms with Crippen LogP contribution in [0.5, 0.6) is 5.75 Å². The number of allylic oxidation sites excluding steroid dienone is 2. The first-order valence-electron chi connectivity index (χ1n) is 12.2. The van der Waals surface area contributed by atoms with Crippen molar-refractivity contribution in [1.82, 2.24) is 0 Å². The van der Waals surface area contributed by atoms with Gasteiger partial charge in [-0.3, -0.25) is 4.79 Å². The zero-order chi connectivity index (χ0) is 24.1. The molecule has 6 rings (SSSR count). The molecule has 0 fully saturated rings. The molecule has 3 N–H and O–H groups in total. The van der Waals surface area contributed by atoms with E-state index >= 15 is 0 Å². The molecule has 4 nitrogen and oxygen atoms in total. The molecule has 1 heterocycles. The number of hydrogen-bond donors (Lipinski definition) is 3. The zero-order valence-electron chi connectivity index (χ0n) is 19.9. The van der Waals surface area contributed by atoms with E-state index in [1.54, 1.807) is 6.07 Å². The number of amides is 1. The van der Waals surface area contributed by atoms with Crippen LogP contribution in [-0.2, 0) is 0 Å². The third-order valence-electron chi connectivity index (χ3n) is 7.66. The van der Waals surface area contributed by atoms with Gasteiger partial charge in [0.05, 0.1) is 17.3 Å². The summed E-state index contributed by atoms with van der Waals surface area (Å²) in [5.74, 6) is 0.590. The number of carbonyl (C=O) groups excluding carboxylic acids is 1. The maximum atomic E-state index is 13.5. The average Bonchev–Trinajstić information content (AvgIpc) is 3.36. The summed E-state index contributed by atoms with van der Waals surface area (Å²) in [6, 6.07) is 23.7. The smallest absolute Gasteiger partial charge is 0.257 e. The number of phenols is 1. The fourth-order valence-electron chi connectivity index (χ4n) is 5.72. The predicted molar refractivity (Wildman–Crippen MR) is 142 cm³/mol. The normalized spacial score (nSPS) is 20.2. The van der Waals surface area contributed by atoms with Gasteiger partial charge in [0.2, 0.25) is 0 Å². The summed E-state index contributed by atoms with van der Waals surface area (Å²) in [6.45, 7) is 4.11. The summed E-state index contributed by atoms with van der Waals surface area (Å²) < 4.78 is 0. The van der Waals surface area contributed by atoms with E-state index in [1.807, 2.05) is 55.5 Å². The van der Waals surface area contributed by atoms with Crippen molar-refractivity contribution in [3.63, 3.8) is 0 Å². The van der Waals surface area contributed by atoms with Gasteiger partial charge >= 0.3 is 0 Å². The number of aryl methyl sites for hydroxylation is 2. The van der Waals surface area contributed by atoms with Crippen molar-refractivity contribution in [2.75, 3.05) is 10.6 Å². The minimum absolute atomic E-state index is 0.121. The first-order chi connectivity index (χ1) is 17.0. The Kier molecular flexibility index (Phi) is 5.10. The minimum atomic E-state index is -0.140. The quantitative estimate of drug-likeness (QED) is 0.282. The minimum Gasteiger partial charge on any atom is -0.508 e. The van der Waals surface area contributed by atoms with E-state index in [4.69, 9.17) is 0 Å². The van der Waals surface area contributed by atoms with Crippen LogP contribution in [-0.4, -0.2) is 11.0 Å². The summed E-state index contributed by atoms with van der Waals surface area (Å²) in [4.78, 5) is 13.5. The van der Waals surface area contributed by atoms with Crippen LogP contribution in [0.1, 0.15) is 51.0 Å². The number of aromatic hydroxyl groups is 1. The Morgan fingerprint density at radius 3 is 2.69 bits per heavy atom. The molecule has 2 aliphatic rings. The molecule has 0 radical (unpaired) electrons. The molecule has 1 amide bonds. The number of para-hydroxylation sites is 1. The number of hydrogen-bond acceptors (Lipinski definition) is 3. The number of anilines is 2. The lowest BCUT2D eigenvalue weighted by Crippen LogP contribution is -2.31. The number of phenolic OH excluding ortho intramolecular Hbond substituents is 1. The van der Waals surface area contributed by atoms with Crippen LogP contribution in [0.2, 0.25) is 0 Å². The van der Waals surface area contributed by atoms with Gasteiger partial charge in [-0.05, 0) is 77.9 Å². The van der Waals surface area contributed by atoms with Crippen LogP contribution in [0.4, 0.5) is 11.4 Å². The molecule has 3 atom stereocenters. The number of nitrogens with one attached hydrogen (secondary N) is 2. The number of rotatable bonds is 3.